The molecule has 0 heterocycles. The van der Waals surface area contributed by atoms with Crippen molar-refractivity contribution in [2.75, 3.05) is 0 Å². The van der Waals surface area contributed by atoms with Crippen LogP contribution in [0.25, 0.3) is 11.1 Å². The summed E-state index contributed by atoms with van der Waals surface area (Å²) in [6.07, 6.45) is 0. The summed E-state index contributed by atoms with van der Waals surface area (Å²) in [5.41, 5.74) is 4.45. The van der Waals surface area contributed by atoms with Gasteiger partial charge in [0.15, 0.2) is 0 Å². The third-order valence-corrected chi connectivity index (χ3v) is 2.60. The van der Waals surface area contributed by atoms with Gasteiger partial charge >= 0.3 is 0 Å². The summed E-state index contributed by atoms with van der Waals surface area (Å²) >= 11 is 0. The summed E-state index contributed by atoms with van der Waals surface area (Å²) in [5.74, 6) is 0. The summed E-state index contributed by atoms with van der Waals surface area (Å²) < 4.78 is 0. The molecule has 0 aromatic heterocycles. The van der Waals surface area contributed by atoms with Crippen molar-refractivity contribution in [1.29, 1.82) is 0 Å². The number of hydrogen-bond acceptors (Lipinski definition) is 2. The lowest BCUT2D eigenvalue weighted by Gasteiger charge is -2.08. The smallest absolute Gasteiger partial charge is 0.108 e. The Morgan fingerprint density at radius 2 is 1.69 bits per heavy atom. The van der Waals surface area contributed by atoms with Crippen LogP contribution < -0.4 is 0 Å². The van der Waals surface area contributed by atoms with E-state index in [4.69, 9.17) is 5.26 Å². The van der Waals surface area contributed by atoms with Crippen molar-refractivity contribution in [3.05, 3.63) is 59.7 Å². The first-order valence-corrected chi connectivity index (χ1v) is 5.22. The van der Waals surface area contributed by atoms with Crippen LogP contribution in [0.4, 0.5) is 0 Å². The van der Waals surface area contributed by atoms with Gasteiger partial charge in [-0.1, -0.05) is 54.1 Å². The Hall–Kier alpha value is -1.64. The van der Waals surface area contributed by atoms with E-state index < -0.39 is 0 Å². The molecule has 0 aliphatic heterocycles. The molecule has 0 saturated carbocycles. The Balaban J connectivity index is 2.42. The van der Waals surface area contributed by atoms with E-state index in [9.17, 15) is 0 Å². The Bertz CT molecular complexity index is 460. The van der Waals surface area contributed by atoms with Crippen LogP contribution in [0.5, 0.6) is 0 Å². The topological polar surface area (TPSA) is 29.5 Å². The predicted molar refractivity (Wildman–Crippen MR) is 64.0 cm³/mol. The maximum absolute atomic E-state index is 8.54. The molecule has 0 saturated heterocycles. The van der Waals surface area contributed by atoms with Crippen molar-refractivity contribution in [2.24, 2.45) is 0 Å². The first-order valence-electron chi connectivity index (χ1n) is 5.22. The van der Waals surface area contributed by atoms with Crippen LogP contribution in [0.15, 0.2) is 48.5 Å². The molecule has 2 heteroatoms. The third kappa shape index (κ3) is 2.30. The van der Waals surface area contributed by atoms with Crippen LogP contribution in [0.2, 0.25) is 0 Å². The van der Waals surface area contributed by atoms with Gasteiger partial charge in [0, 0.05) is 0 Å². The van der Waals surface area contributed by atoms with E-state index in [2.05, 4.69) is 36.1 Å². The molecule has 1 N–H and O–H groups in total. The average Bonchev–Trinajstić information content (AvgIpc) is 2.32. The van der Waals surface area contributed by atoms with E-state index in [-0.39, 0.29) is 6.61 Å². The van der Waals surface area contributed by atoms with Crippen LogP contribution in [-0.2, 0) is 11.5 Å². The minimum atomic E-state index is 0.212. The van der Waals surface area contributed by atoms with E-state index in [1.54, 1.807) is 0 Å². The summed E-state index contributed by atoms with van der Waals surface area (Å²) in [6, 6.07) is 16.2. The predicted octanol–water partition coefficient (Wildman–Crippen LogP) is 3.65. The zero-order valence-corrected chi connectivity index (χ0v) is 9.18. The first kappa shape index (κ1) is 10.9. The first-order chi connectivity index (χ1) is 7.81. The molecule has 0 unspecified atom stereocenters. The molecule has 0 bridgehead atoms. The van der Waals surface area contributed by atoms with Gasteiger partial charge in [-0.2, -0.15) is 0 Å². The highest BCUT2D eigenvalue weighted by atomic mass is 17.1. The molecule has 2 aromatic rings. The van der Waals surface area contributed by atoms with Crippen molar-refractivity contribution in [2.45, 2.75) is 13.5 Å². The molecular weight excluding hydrogens is 200 g/mol. The Labute approximate surface area is 95.1 Å². The normalized spacial score (nSPS) is 10.4. The largest absolute Gasteiger partial charge is 0.251 e. The van der Waals surface area contributed by atoms with Gasteiger partial charge in [0.05, 0.1) is 0 Å². The van der Waals surface area contributed by atoms with Crippen molar-refractivity contribution >= 4 is 0 Å². The van der Waals surface area contributed by atoms with Crippen molar-refractivity contribution in [3.8, 4) is 11.1 Å². The molecule has 0 fully saturated rings. The number of benzene rings is 2. The lowest BCUT2D eigenvalue weighted by molar-refractivity contribution is -0.252. The molecular formula is C14H14O2. The lowest BCUT2D eigenvalue weighted by atomic mass is 9.99. The van der Waals surface area contributed by atoms with Gasteiger partial charge in [0.1, 0.15) is 6.61 Å². The number of rotatable bonds is 3. The highest BCUT2D eigenvalue weighted by Gasteiger charge is 2.03. The molecule has 0 atom stereocenters. The maximum atomic E-state index is 8.54. The molecule has 0 radical (unpaired) electrons. The SMILES string of the molecule is Cc1ccc(-c2ccccc2COO)cc1. The van der Waals surface area contributed by atoms with Gasteiger partial charge in [0.2, 0.25) is 0 Å². The van der Waals surface area contributed by atoms with Gasteiger partial charge in [-0.25, -0.2) is 4.89 Å². The fourth-order valence-corrected chi connectivity index (χ4v) is 1.73. The van der Waals surface area contributed by atoms with E-state index >= 15 is 0 Å². The van der Waals surface area contributed by atoms with Gasteiger partial charge in [-0.05, 0) is 23.6 Å². The zero-order chi connectivity index (χ0) is 11.4. The van der Waals surface area contributed by atoms with Crippen molar-refractivity contribution in [1.82, 2.24) is 0 Å². The van der Waals surface area contributed by atoms with Crippen LogP contribution in [0.3, 0.4) is 0 Å². The zero-order valence-electron chi connectivity index (χ0n) is 9.18. The van der Waals surface area contributed by atoms with Crippen LogP contribution in [-0.4, -0.2) is 5.26 Å². The summed E-state index contributed by atoms with van der Waals surface area (Å²) in [4.78, 5) is 4.21. The van der Waals surface area contributed by atoms with Gasteiger partial charge in [-0.3, -0.25) is 5.26 Å². The highest BCUT2D eigenvalue weighted by Crippen LogP contribution is 2.24. The molecule has 2 nitrogen and oxygen atoms in total. The van der Waals surface area contributed by atoms with Gasteiger partial charge < -0.3 is 0 Å². The number of hydrogen-bond donors (Lipinski definition) is 1. The van der Waals surface area contributed by atoms with Gasteiger partial charge in [0.25, 0.3) is 0 Å². The highest BCUT2D eigenvalue weighted by molar-refractivity contribution is 5.67. The second-order valence-corrected chi connectivity index (χ2v) is 3.80. The monoisotopic (exact) mass is 214 g/mol. The molecule has 2 rings (SSSR count). The second kappa shape index (κ2) is 4.92. The van der Waals surface area contributed by atoms with Gasteiger partial charge in [-0.15, -0.1) is 0 Å². The van der Waals surface area contributed by atoms with E-state index in [0.29, 0.717) is 0 Å². The van der Waals surface area contributed by atoms with Crippen LogP contribution >= 0.6 is 0 Å². The Morgan fingerprint density at radius 1 is 1.00 bits per heavy atom. The quantitative estimate of drug-likeness (QED) is 0.624. The average molecular weight is 214 g/mol. The Morgan fingerprint density at radius 3 is 2.38 bits per heavy atom. The van der Waals surface area contributed by atoms with Crippen molar-refractivity contribution < 1.29 is 10.1 Å². The summed E-state index contributed by atoms with van der Waals surface area (Å²) in [6.45, 7) is 2.27. The minimum absolute atomic E-state index is 0.212. The van der Waals surface area contributed by atoms with E-state index in [1.807, 2.05) is 24.3 Å². The van der Waals surface area contributed by atoms with E-state index in [0.717, 1.165) is 16.7 Å². The molecule has 0 amide bonds. The second-order valence-electron chi connectivity index (χ2n) is 3.80. The summed E-state index contributed by atoms with van der Waals surface area (Å²) in [7, 11) is 0. The van der Waals surface area contributed by atoms with E-state index in [1.165, 1.54) is 5.56 Å². The fourth-order valence-electron chi connectivity index (χ4n) is 1.73. The maximum Gasteiger partial charge on any atom is 0.108 e. The Kier molecular flexibility index (Phi) is 3.34. The molecule has 16 heavy (non-hydrogen) atoms. The van der Waals surface area contributed by atoms with Crippen molar-refractivity contribution in [3.63, 3.8) is 0 Å². The lowest BCUT2D eigenvalue weighted by Crippen LogP contribution is -1.91. The molecule has 0 aliphatic carbocycles. The van der Waals surface area contributed by atoms with Crippen LogP contribution in [0, 0.1) is 6.92 Å². The molecule has 0 spiro atoms. The fraction of sp³-hybridized carbons (Fsp3) is 0.143. The summed E-state index contributed by atoms with van der Waals surface area (Å²) in [5, 5.41) is 8.54. The third-order valence-electron chi connectivity index (χ3n) is 2.60. The molecule has 0 aliphatic rings. The molecule has 82 valence electrons. The van der Waals surface area contributed by atoms with Crippen LogP contribution in [0.1, 0.15) is 11.1 Å². The number of aryl methyl sites for hydroxylation is 1. The standard InChI is InChI=1S/C14H14O2/c1-11-6-8-12(9-7-11)14-5-3-2-4-13(14)10-16-15/h2-9,15H,10H2,1H3. The minimum Gasteiger partial charge on any atom is -0.251 e. The molecule has 2 aromatic carbocycles.